The van der Waals surface area contributed by atoms with Crippen LogP contribution in [-0.2, 0) is 9.59 Å². The minimum absolute atomic E-state index is 0.102. The van der Waals surface area contributed by atoms with Gasteiger partial charge >= 0.3 is 6.03 Å². The van der Waals surface area contributed by atoms with Crippen LogP contribution in [0.15, 0.2) is 36.4 Å². The first-order chi connectivity index (χ1) is 12.6. The molecule has 2 heterocycles. The molecule has 2 fully saturated rings. The van der Waals surface area contributed by atoms with Crippen LogP contribution < -0.4 is 10.6 Å². The highest BCUT2D eigenvalue weighted by atomic mass is 16.2. The number of benzene rings is 1. The Morgan fingerprint density at radius 1 is 1.12 bits per heavy atom. The number of urea groups is 1. The number of nitrogens with one attached hydrogen (secondary N) is 2. The molecule has 1 aromatic carbocycles. The molecule has 2 saturated heterocycles. The predicted molar refractivity (Wildman–Crippen MR) is 98.2 cm³/mol. The highest BCUT2D eigenvalue weighted by molar-refractivity contribution is 5.98. The van der Waals surface area contributed by atoms with E-state index in [0.29, 0.717) is 19.5 Å². The Kier molecular flexibility index (Phi) is 6.01. The maximum Gasteiger partial charge on any atom is 0.322 e. The lowest BCUT2D eigenvalue weighted by Crippen LogP contribution is -2.55. The zero-order valence-corrected chi connectivity index (χ0v) is 14.7. The van der Waals surface area contributed by atoms with Crippen molar-refractivity contribution in [2.24, 2.45) is 0 Å². The van der Waals surface area contributed by atoms with Gasteiger partial charge in [0.05, 0.1) is 0 Å². The molecule has 2 aliphatic heterocycles. The maximum absolute atomic E-state index is 12.6. The smallest absolute Gasteiger partial charge is 0.322 e. The molecule has 3 rings (SSSR count). The van der Waals surface area contributed by atoms with Gasteiger partial charge < -0.3 is 10.2 Å². The standard InChI is InChI=1S/C19H24N4O3/c24-17-9-8-16(20-19(26)21-17)18(25)23-13-11-22(12-14-23)10-4-7-15-5-2-1-3-6-15/h1-7,16H,8-14H2,(H2,20,21,24,26)/b7-4+/t16-/m0/s1. The molecule has 2 N–H and O–H groups in total. The van der Waals surface area contributed by atoms with Crippen LogP contribution in [0.4, 0.5) is 4.79 Å². The second kappa shape index (κ2) is 8.62. The Morgan fingerprint density at radius 3 is 2.58 bits per heavy atom. The van der Waals surface area contributed by atoms with Gasteiger partial charge in [0, 0.05) is 39.1 Å². The molecule has 1 aromatic rings. The summed E-state index contributed by atoms with van der Waals surface area (Å²) in [5, 5.41) is 4.78. The van der Waals surface area contributed by atoms with Gasteiger partial charge in [0.2, 0.25) is 11.8 Å². The van der Waals surface area contributed by atoms with Crippen molar-refractivity contribution < 1.29 is 14.4 Å². The molecule has 2 aliphatic rings. The van der Waals surface area contributed by atoms with E-state index < -0.39 is 12.1 Å². The molecule has 4 amide bonds. The molecule has 1 atom stereocenters. The number of hydrogen-bond donors (Lipinski definition) is 2. The average Bonchev–Trinajstić information content (AvgIpc) is 2.83. The minimum Gasteiger partial charge on any atom is -0.338 e. The van der Waals surface area contributed by atoms with Crippen molar-refractivity contribution in [1.29, 1.82) is 0 Å². The lowest BCUT2D eigenvalue weighted by Gasteiger charge is -2.35. The number of rotatable bonds is 4. The van der Waals surface area contributed by atoms with Gasteiger partial charge in [-0.2, -0.15) is 0 Å². The van der Waals surface area contributed by atoms with E-state index in [1.54, 1.807) is 4.90 Å². The van der Waals surface area contributed by atoms with Crippen molar-refractivity contribution in [3.05, 3.63) is 42.0 Å². The Labute approximate surface area is 153 Å². The third-order valence-corrected chi connectivity index (χ3v) is 4.67. The summed E-state index contributed by atoms with van der Waals surface area (Å²) in [6.07, 6.45) is 4.76. The highest BCUT2D eigenvalue weighted by Crippen LogP contribution is 2.10. The first-order valence-corrected chi connectivity index (χ1v) is 8.95. The quantitative estimate of drug-likeness (QED) is 0.837. The van der Waals surface area contributed by atoms with Gasteiger partial charge in [0.1, 0.15) is 6.04 Å². The molecule has 26 heavy (non-hydrogen) atoms. The van der Waals surface area contributed by atoms with Gasteiger partial charge in [-0.05, 0) is 12.0 Å². The summed E-state index contributed by atoms with van der Waals surface area (Å²) in [6.45, 7) is 3.69. The SMILES string of the molecule is O=C1CC[C@@H](C(=O)N2CCN(C/C=C/c3ccccc3)CC2)NC(=O)N1. The Balaban J connectivity index is 1.45. The van der Waals surface area contributed by atoms with E-state index in [4.69, 9.17) is 0 Å². The van der Waals surface area contributed by atoms with Crippen LogP contribution in [0.25, 0.3) is 6.08 Å². The number of hydrogen-bond acceptors (Lipinski definition) is 4. The number of piperazine rings is 1. The van der Waals surface area contributed by atoms with E-state index in [1.165, 1.54) is 5.56 Å². The van der Waals surface area contributed by atoms with Crippen molar-refractivity contribution in [2.75, 3.05) is 32.7 Å². The van der Waals surface area contributed by atoms with Crippen molar-refractivity contribution in [3.63, 3.8) is 0 Å². The van der Waals surface area contributed by atoms with Gasteiger partial charge in [0.25, 0.3) is 0 Å². The van der Waals surface area contributed by atoms with Crippen molar-refractivity contribution in [3.8, 4) is 0 Å². The lowest BCUT2D eigenvalue weighted by molar-refractivity contribution is -0.135. The summed E-state index contributed by atoms with van der Waals surface area (Å²) in [7, 11) is 0. The van der Waals surface area contributed by atoms with Crippen LogP contribution in [0.1, 0.15) is 18.4 Å². The summed E-state index contributed by atoms with van der Waals surface area (Å²) in [5.41, 5.74) is 1.17. The van der Waals surface area contributed by atoms with Crippen LogP contribution in [0.2, 0.25) is 0 Å². The van der Waals surface area contributed by atoms with Crippen LogP contribution >= 0.6 is 0 Å². The first-order valence-electron chi connectivity index (χ1n) is 8.95. The van der Waals surface area contributed by atoms with E-state index in [0.717, 1.165) is 19.6 Å². The monoisotopic (exact) mass is 356 g/mol. The highest BCUT2D eigenvalue weighted by Gasteiger charge is 2.31. The first kappa shape index (κ1) is 18.1. The molecule has 0 radical (unpaired) electrons. The Morgan fingerprint density at radius 2 is 1.85 bits per heavy atom. The fourth-order valence-corrected chi connectivity index (χ4v) is 3.19. The van der Waals surface area contributed by atoms with E-state index in [2.05, 4.69) is 39.8 Å². The van der Waals surface area contributed by atoms with Gasteiger partial charge in [-0.15, -0.1) is 0 Å². The number of nitrogens with zero attached hydrogens (tertiary/aromatic N) is 2. The lowest BCUT2D eigenvalue weighted by atomic mass is 10.1. The van der Waals surface area contributed by atoms with Gasteiger partial charge in [0.15, 0.2) is 0 Å². The fourth-order valence-electron chi connectivity index (χ4n) is 3.19. The maximum atomic E-state index is 12.6. The third kappa shape index (κ3) is 4.92. The topological polar surface area (TPSA) is 81.8 Å². The van der Waals surface area contributed by atoms with Crippen LogP contribution in [-0.4, -0.2) is 66.4 Å². The average molecular weight is 356 g/mol. The molecule has 0 spiro atoms. The summed E-state index contributed by atoms with van der Waals surface area (Å²) >= 11 is 0. The number of carbonyl (C=O) groups is 3. The van der Waals surface area contributed by atoms with Crippen molar-refractivity contribution >= 4 is 23.9 Å². The van der Waals surface area contributed by atoms with Crippen LogP contribution in [0, 0.1) is 0 Å². The molecule has 7 nitrogen and oxygen atoms in total. The van der Waals surface area contributed by atoms with E-state index in [9.17, 15) is 14.4 Å². The molecule has 138 valence electrons. The zero-order valence-electron chi connectivity index (χ0n) is 14.7. The second-order valence-corrected chi connectivity index (χ2v) is 6.55. The molecule has 7 heteroatoms. The fraction of sp³-hybridized carbons (Fsp3) is 0.421. The van der Waals surface area contributed by atoms with Gasteiger partial charge in [-0.3, -0.25) is 19.8 Å². The van der Waals surface area contributed by atoms with Crippen molar-refractivity contribution in [2.45, 2.75) is 18.9 Å². The van der Waals surface area contributed by atoms with E-state index in [-0.39, 0.29) is 18.2 Å². The minimum atomic E-state index is -0.619. The molecule has 0 aromatic heterocycles. The predicted octanol–water partition coefficient (Wildman–Crippen LogP) is 0.832. The van der Waals surface area contributed by atoms with E-state index in [1.807, 2.05) is 18.2 Å². The summed E-state index contributed by atoms with van der Waals surface area (Å²) in [4.78, 5) is 39.6. The molecule has 0 aliphatic carbocycles. The van der Waals surface area contributed by atoms with Crippen LogP contribution in [0.3, 0.4) is 0 Å². The summed E-state index contributed by atoms with van der Waals surface area (Å²) < 4.78 is 0. The molecular formula is C19H24N4O3. The van der Waals surface area contributed by atoms with Crippen molar-refractivity contribution in [1.82, 2.24) is 20.4 Å². The number of carbonyl (C=O) groups excluding carboxylic acids is 3. The largest absolute Gasteiger partial charge is 0.338 e. The normalized spacial score (nSPS) is 22.0. The second-order valence-electron chi connectivity index (χ2n) is 6.55. The molecule has 0 bridgehead atoms. The summed E-state index contributed by atoms with van der Waals surface area (Å²) in [5.74, 6) is -0.442. The summed E-state index contributed by atoms with van der Waals surface area (Å²) in [6, 6.07) is 8.94. The Bertz CT molecular complexity index is 681. The zero-order chi connectivity index (χ0) is 18.4. The molecular weight excluding hydrogens is 332 g/mol. The number of amides is 4. The Hall–Kier alpha value is -2.67. The molecule has 0 saturated carbocycles. The van der Waals surface area contributed by atoms with Gasteiger partial charge in [-0.25, -0.2) is 4.79 Å². The van der Waals surface area contributed by atoms with Gasteiger partial charge in [-0.1, -0.05) is 42.5 Å². The number of imide groups is 1. The van der Waals surface area contributed by atoms with Crippen LogP contribution in [0.5, 0.6) is 0 Å². The molecule has 0 unspecified atom stereocenters. The third-order valence-electron chi connectivity index (χ3n) is 4.67. The van der Waals surface area contributed by atoms with E-state index >= 15 is 0 Å².